The van der Waals surface area contributed by atoms with E-state index in [4.69, 9.17) is 5.11 Å². The predicted molar refractivity (Wildman–Crippen MR) is 80.9 cm³/mol. The molecule has 112 valence electrons. The van der Waals surface area contributed by atoms with Gasteiger partial charge in [-0.25, -0.2) is 4.98 Å². The van der Waals surface area contributed by atoms with Gasteiger partial charge in [-0.3, -0.25) is 4.79 Å². The van der Waals surface area contributed by atoms with Crippen LogP contribution in [0.2, 0.25) is 0 Å². The molecule has 1 aromatic rings. The SMILES string of the molecule is CCCNc1cc(C(=O)N(C)CCCCCO)ccn1. The summed E-state index contributed by atoms with van der Waals surface area (Å²) in [7, 11) is 1.81. The second kappa shape index (κ2) is 9.31. The van der Waals surface area contributed by atoms with Crippen LogP contribution in [0.25, 0.3) is 0 Å². The summed E-state index contributed by atoms with van der Waals surface area (Å²) < 4.78 is 0. The number of hydrogen-bond acceptors (Lipinski definition) is 4. The Morgan fingerprint density at radius 1 is 1.40 bits per heavy atom. The molecule has 5 heteroatoms. The Morgan fingerprint density at radius 3 is 2.90 bits per heavy atom. The Hall–Kier alpha value is -1.62. The molecule has 0 spiro atoms. The predicted octanol–water partition coefficient (Wildman–Crippen LogP) is 2.14. The zero-order chi connectivity index (χ0) is 14.8. The van der Waals surface area contributed by atoms with Crippen molar-refractivity contribution < 1.29 is 9.90 Å². The number of aliphatic hydroxyl groups is 1. The normalized spacial score (nSPS) is 10.3. The van der Waals surface area contributed by atoms with Crippen molar-refractivity contribution >= 4 is 11.7 Å². The summed E-state index contributed by atoms with van der Waals surface area (Å²) in [5.41, 5.74) is 0.656. The van der Waals surface area contributed by atoms with Gasteiger partial charge in [0.15, 0.2) is 0 Å². The van der Waals surface area contributed by atoms with Crippen LogP contribution in [0.3, 0.4) is 0 Å². The maximum Gasteiger partial charge on any atom is 0.253 e. The summed E-state index contributed by atoms with van der Waals surface area (Å²) in [5.74, 6) is 0.752. The Balaban J connectivity index is 2.52. The Kier molecular flexibility index (Phi) is 7.65. The first kappa shape index (κ1) is 16.4. The average Bonchev–Trinajstić information content (AvgIpc) is 2.48. The smallest absolute Gasteiger partial charge is 0.253 e. The summed E-state index contributed by atoms with van der Waals surface area (Å²) in [5, 5.41) is 11.9. The lowest BCUT2D eigenvalue weighted by Gasteiger charge is -2.17. The highest BCUT2D eigenvalue weighted by Gasteiger charge is 2.11. The van der Waals surface area contributed by atoms with Crippen LogP contribution in [0.4, 0.5) is 5.82 Å². The van der Waals surface area contributed by atoms with E-state index in [1.165, 1.54) is 0 Å². The number of rotatable bonds is 9. The number of carbonyl (C=O) groups is 1. The van der Waals surface area contributed by atoms with Crippen molar-refractivity contribution in [3.05, 3.63) is 23.9 Å². The van der Waals surface area contributed by atoms with Crippen LogP contribution in [0.5, 0.6) is 0 Å². The molecule has 0 radical (unpaired) electrons. The van der Waals surface area contributed by atoms with Crippen LogP contribution in [-0.4, -0.2) is 47.6 Å². The van der Waals surface area contributed by atoms with E-state index in [9.17, 15) is 4.79 Å². The summed E-state index contributed by atoms with van der Waals surface area (Å²) in [6.07, 6.45) is 5.32. The molecule has 0 saturated heterocycles. The molecule has 2 N–H and O–H groups in total. The van der Waals surface area contributed by atoms with E-state index in [1.54, 1.807) is 30.3 Å². The van der Waals surface area contributed by atoms with Crippen molar-refractivity contribution in [2.75, 3.05) is 32.1 Å². The molecular weight excluding hydrogens is 254 g/mol. The number of carbonyl (C=O) groups excluding carboxylic acids is 1. The molecule has 0 fully saturated rings. The molecule has 0 bridgehead atoms. The van der Waals surface area contributed by atoms with E-state index in [0.29, 0.717) is 12.1 Å². The van der Waals surface area contributed by atoms with Gasteiger partial charge in [0.05, 0.1) is 0 Å². The van der Waals surface area contributed by atoms with E-state index >= 15 is 0 Å². The first-order valence-corrected chi connectivity index (χ1v) is 7.25. The Morgan fingerprint density at radius 2 is 2.20 bits per heavy atom. The van der Waals surface area contributed by atoms with Gasteiger partial charge in [0.2, 0.25) is 0 Å². The van der Waals surface area contributed by atoms with Crippen molar-refractivity contribution in [3.63, 3.8) is 0 Å². The number of unbranched alkanes of at least 4 members (excludes halogenated alkanes) is 2. The highest BCUT2D eigenvalue weighted by atomic mass is 16.2. The van der Waals surface area contributed by atoms with Crippen LogP contribution in [0.15, 0.2) is 18.3 Å². The molecule has 1 heterocycles. The number of amides is 1. The van der Waals surface area contributed by atoms with Crippen molar-refractivity contribution in [1.29, 1.82) is 0 Å². The van der Waals surface area contributed by atoms with Crippen LogP contribution >= 0.6 is 0 Å². The molecular formula is C15H25N3O2. The highest BCUT2D eigenvalue weighted by molar-refractivity contribution is 5.94. The van der Waals surface area contributed by atoms with Crippen LogP contribution in [-0.2, 0) is 0 Å². The highest BCUT2D eigenvalue weighted by Crippen LogP contribution is 2.10. The zero-order valence-electron chi connectivity index (χ0n) is 12.4. The summed E-state index contributed by atoms with van der Waals surface area (Å²) >= 11 is 0. The van der Waals surface area contributed by atoms with Crippen LogP contribution < -0.4 is 5.32 Å². The van der Waals surface area contributed by atoms with Gasteiger partial charge in [-0.2, -0.15) is 0 Å². The summed E-state index contributed by atoms with van der Waals surface area (Å²) in [4.78, 5) is 18.2. The van der Waals surface area contributed by atoms with Gasteiger partial charge in [0.25, 0.3) is 5.91 Å². The molecule has 0 atom stereocenters. The van der Waals surface area contributed by atoms with E-state index in [2.05, 4.69) is 17.2 Å². The van der Waals surface area contributed by atoms with E-state index in [-0.39, 0.29) is 12.5 Å². The van der Waals surface area contributed by atoms with E-state index in [1.807, 2.05) is 0 Å². The lowest BCUT2D eigenvalue weighted by molar-refractivity contribution is 0.0792. The molecule has 0 aliphatic heterocycles. The maximum absolute atomic E-state index is 12.3. The van der Waals surface area contributed by atoms with Gasteiger partial charge in [-0.1, -0.05) is 6.92 Å². The molecule has 1 rings (SSSR count). The van der Waals surface area contributed by atoms with Gasteiger partial charge in [0, 0.05) is 38.5 Å². The number of aliphatic hydroxyl groups excluding tert-OH is 1. The minimum Gasteiger partial charge on any atom is -0.396 e. The van der Waals surface area contributed by atoms with E-state index < -0.39 is 0 Å². The maximum atomic E-state index is 12.3. The van der Waals surface area contributed by atoms with Gasteiger partial charge in [-0.05, 0) is 37.8 Å². The molecule has 0 aliphatic rings. The number of nitrogens with one attached hydrogen (secondary N) is 1. The third-order valence-corrected chi connectivity index (χ3v) is 3.06. The fraction of sp³-hybridized carbons (Fsp3) is 0.600. The third-order valence-electron chi connectivity index (χ3n) is 3.06. The molecule has 5 nitrogen and oxygen atoms in total. The monoisotopic (exact) mass is 279 g/mol. The molecule has 1 amide bonds. The number of anilines is 1. The minimum absolute atomic E-state index is 0.0101. The third kappa shape index (κ3) is 5.57. The summed E-state index contributed by atoms with van der Waals surface area (Å²) in [6.45, 7) is 3.86. The van der Waals surface area contributed by atoms with Gasteiger partial charge < -0.3 is 15.3 Å². The van der Waals surface area contributed by atoms with Crippen molar-refractivity contribution in [1.82, 2.24) is 9.88 Å². The first-order valence-electron chi connectivity index (χ1n) is 7.25. The van der Waals surface area contributed by atoms with Crippen LogP contribution in [0, 0.1) is 0 Å². The second-order valence-electron chi connectivity index (χ2n) is 4.87. The molecule has 20 heavy (non-hydrogen) atoms. The van der Waals surface area contributed by atoms with Gasteiger partial charge >= 0.3 is 0 Å². The quantitative estimate of drug-likeness (QED) is 0.680. The minimum atomic E-state index is 0.0101. The lowest BCUT2D eigenvalue weighted by atomic mass is 10.2. The molecule has 0 unspecified atom stereocenters. The molecule has 0 aliphatic carbocycles. The average molecular weight is 279 g/mol. The Labute approximate surface area is 121 Å². The Bertz CT molecular complexity index is 410. The van der Waals surface area contributed by atoms with Gasteiger partial charge in [0.1, 0.15) is 5.82 Å². The number of aromatic nitrogens is 1. The number of nitrogens with zero attached hydrogens (tertiary/aromatic N) is 2. The second-order valence-corrected chi connectivity index (χ2v) is 4.87. The van der Waals surface area contributed by atoms with Crippen molar-refractivity contribution in [3.8, 4) is 0 Å². The van der Waals surface area contributed by atoms with Crippen molar-refractivity contribution in [2.24, 2.45) is 0 Å². The topological polar surface area (TPSA) is 65.5 Å². The van der Waals surface area contributed by atoms with Crippen molar-refractivity contribution in [2.45, 2.75) is 32.6 Å². The number of pyridine rings is 1. The standard InChI is InChI=1S/C15H25N3O2/c1-3-8-16-14-12-13(7-9-17-14)15(20)18(2)10-5-4-6-11-19/h7,9,12,19H,3-6,8,10-11H2,1-2H3,(H,16,17). The molecule has 0 saturated carbocycles. The van der Waals surface area contributed by atoms with E-state index in [0.717, 1.165) is 38.0 Å². The lowest BCUT2D eigenvalue weighted by Crippen LogP contribution is -2.27. The first-order chi connectivity index (χ1) is 9.69. The van der Waals surface area contributed by atoms with Gasteiger partial charge in [-0.15, -0.1) is 0 Å². The molecule has 0 aromatic carbocycles. The largest absolute Gasteiger partial charge is 0.396 e. The number of hydrogen-bond donors (Lipinski definition) is 2. The fourth-order valence-corrected chi connectivity index (χ4v) is 1.87. The zero-order valence-corrected chi connectivity index (χ0v) is 12.4. The summed E-state index contributed by atoms with van der Waals surface area (Å²) in [6, 6.07) is 3.53. The fourth-order valence-electron chi connectivity index (χ4n) is 1.87. The molecule has 1 aromatic heterocycles. The van der Waals surface area contributed by atoms with Crippen LogP contribution in [0.1, 0.15) is 43.0 Å².